The van der Waals surface area contributed by atoms with Crippen LogP contribution in [0.4, 0.5) is 4.39 Å². The Labute approximate surface area is 184 Å². The molecule has 1 saturated heterocycles. The van der Waals surface area contributed by atoms with Crippen LogP contribution in [-0.2, 0) is 4.79 Å². The van der Waals surface area contributed by atoms with Gasteiger partial charge >= 0.3 is 5.91 Å². The molecular weight excluding hydrogens is 417 g/mol. The lowest BCUT2D eigenvalue weighted by Crippen LogP contribution is -2.42. The summed E-state index contributed by atoms with van der Waals surface area (Å²) < 4.78 is 14.9. The molecular formula is C24H20ClFN3O2+. The Morgan fingerprint density at radius 2 is 1.68 bits per heavy atom. The van der Waals surface area contributed by atoms with Gasteiger partial charge in [-0.05, 0) is 55.5 Å². The minimum Gasteiger partial charge on any atom is -0.334 e. The van der Waals surface area contributed by atoms with Crippen LogP contribution < -0.4 is 10.7 Å². The first kappa shape index (κ1) is 20.8. The molecule has 5 nitrogen and oxygen atoms in total. The summed E-state index contributed by atoms with van der Waals surface area (Å²) in [6.07, 6.45) is 1.70. The average Bonchev–Trinajstić information content (AvgIpc) is 3.05. The van der Waals surface area contributed by atoms with Crippen LogP contribution in [0.25, 0.3) is 0 Å². The Morgan fingerprint density at radius 3 is 2.32 bits per heavy atom. The zero-order chi connectivity index (χ0) is 22.0. The molecule has 2 atom stereocenters. The topological polar surface area (TPSA) is 61.2 Å². The first-order valence-electron chi connectivity index (χ1n) is 9.73. The number of carbonyl (C=O) groups is 2. The van der Waals surface area contributed by atoms with Crippen LogP contribution in [0, 0.1) is 12.7 Å². The van der Waals surface area contributed by atoms with Crippen molar-refractivity contribution in [2.45, 2.75) is 19.0 Å². The van der Waals surface area contributed by atoms with Crippen molar-refractivity contribution < 1.29 is 18.7 Å². The van der Waals surface area contributed by atoms with Crippen molar-refractivity contribution in [3.05, 3.63) is 106 Å². The molecule has 1 aliphatic rings. The van der Waals surface area contributed by atoms with Crippen LogP contribution in [0.15, 0.2) is 72.8 Å². The second-order valence-corrected chi connectivity index (χ2v) is 7.81. The molecule has 156 valence electrons. The fourth-order valence-corrected chi connectivity index (χ4v) is 3.61. The lowest BCUT2D eigenvalue weighted by molar-refractivity contribution is -0.596. The molecule has 2 N–H and O–H groups in total. The van der Waals surface area contributed by atoms with Gasteiger partial charge < -0.3 is 5.32 Å². The van der Waals surface area contributed by atoms with Gasteiger partial charge in [-0.1, -0.05) is 41.4 Å². The average molecular weight is 437 g/mol. The van der Waals surface area contributed by atoms with Crippen LogP contribution in [0.5, 0.6) is 0 Å². The van der Waals surface area contributed by atoms with Gasteiger partial charge in [0.15, 0.2) is 6.04 Å². The molecule has 3 aromatic carbocycles. The highest BCUT2D eigenvalue weighted by Gasteiger charge is 2.47. The highest BCUT2D eigenvalue weighted by atomic mass is 35.5. The van der Waals surface area contributed by atoms with Crippen molar-refractivity contribution in [1.29, 1.82) is 0 Å². The Morgan fingerprint density at radius 1 is 1.03 bits per heavy atom. The monoisotopic (exact) mass is 436 g/mol. The first-order valence-corrected chi connectivity index (χ1v) is 10.1. The van der Waals surface area contributed by atoms with Crippen LogP contribution in [0.3, 0.4) is 0 Å². The first-order chi connectivity index (χ1) is 14.9. The zero-order valence-corrected chi connectivity index (χ0v) is 17.4. The third-order valence-electron chi connectivity index (χ3n) is 5.11. The fourth-order valence-electron chi connectivity index (χ4n) is 3.48. The molecule has 3 aromatic rings. The van der Waals surface area contributed by atoms with Crippen molar-refractivity contribution in [2.75, 3.05) is 0 Å². The number of nitrogens with one attached hydrogen (secondary N) is 2. The van der Waals surface area contributed by atoms with E-state index >= 15 is 0 Å². The third kappa shape index (κ3) is 4.64. The molecule has 0 aromatic heterocycles. The number of aryl methyl sites for hydroxylation is 1. The quantitative estimate of drug-likeness (QED) is 0.611. The van der Waals surface area contributed by atoms with Gasteiger partial charge in [-0.3, -0.25) is 9.59 Å². The minimum atomic E-state index is -0.841. The van der Waals surface area contributed by atoms with E-state index in [1.165, 1.54) is 12.1 Å². The Balaban J connectivity index is 1.69. The summed E-state index contributed by atoms with van der Waals surface area (Å²) in [5.74, 6) is -1.04. The molecule has 7 heteroatoms. The van der Waals surface area contributed by atoms with Crippen molar-refractivity contribution in [3.63, 3.8) is 0 Å². The second kappa shape index (κ2) is 8.70. The molecule has 1 fully saturated rings. The summed E-state index contributed by atoms with van der Waals surface area (Å²) >= 11 is 6.03. The molecule has 31 heavy (non-hydrogen) atoms. The van der Waals surface area contributed by atoms with Gasteiger partial charge in [-0.25, -0.2) is 4.39 Å². The molecule has 1 aliphatic heterocycles. The predicted octanol–water partition coefficient (Wildman–Crippen LogP) is 3.80. The van der Waals surface area contributed by atoms with Crippen LogP contribution in [0.2, 0.25) is 5.02 Å². The maximum Gasteiger partial charge on any atom is 0.304 e. The van der Waals surface area contributed by atoms with Gasteiger partial charge in [-0.15, -0.1) is 10.1 Å². The van der Waals surface area contributed by atoms with Gasteiger partial charge in [0.05, 0.1) is 0 Å². The molecule has 0 saturated carbocycles. The number of nitrogens with zero attached hydrogens (tertiary/aromatic N) is 1. The summed E-state index contributed by atoms with van der Waals surface area (Å²) in [6, 6.07) is 18.7. The van der Waals surface area contributed by atoms with E-state index in [1.54, 1.807) is 47.3 Å². The molecule has 2 amide bonds. The Hall–Kier alpha value is -3.51. The van der Waals surface area contributed by atoms with Crippen molar-refractivity contribution in [1.82, 2.24) is 10.7 Å². The Bertz CT molecular complexity index is 1140. The summed E-state index contributed by atoms with van der Waals surface area (Å²) in [7, 11) is 0. The van der Waals surface area contributed by atoms with E-state index in [4.69, 9.17) is 11.6 Å². The minimum absolute atomic E-state index is 0.345. The molecule has 0 radical (unpaired) electrons. The summed E-state index contributed by atoms with van der Waals surface area (Å²) in [6.45, 7) is 1.94. The number of amides is 2. The van der Waals surface area contributed by atoms with Crippen molar-refractivity contribution in [3.8, 4) is 0 Å². The maximum absolute atomic E-state index is 13.3. The summed E-state index contributed by atoms with van der Waals surface area (Å²) in [5.41, 5.74) is 5.78. The number of rotatable bonds is 4. The molecule has 1 heterocycles. The smallest absolute Gasteiger partial charge is 0.304 e. The number of hydrogen-bond donors (Lipinski definition) is 2. The lowest BCUT2D eigenvalue weighted by Gasteiger charge is -2.15. The van der Waals surface area contributed by atoms with Gasteiger partial charge in [0, 0.05) is 21.7 Å². The lowest BCUT2D eigenvalue weighted by atomic mass is 9.99. The molecule has 0 spiro atoms. The number of hydrazone groups is 1. The predicted molar refractivity (Wildman–Crippen MR) is 117 cm³/mol. The number of benzene rings is 3. The highest BCUT2D eigenvalue weighted by Crippen LogP contribution is 2.26. The van der Waals surface area contributed by atoms with Crippen molar-refractivity contribution in [2.24, 2.45) is 0 Å². The maximum atomic E-state index is 13.3. The van der Waals surface area contributed by atoms with E-state index in [9.17, 15) is 14.0 Å². The van der Waals surface area contributed by atoms with E-state index in [2.05, 4.69) is 10.7 Å². The zero-order valence-electron chi connectivity index (χ0n) is 16.7. The fraction of sp³-hybridized carbons (Fsp3) is 0.125. The van der Waals surface area contributed by atoms with Gasteiger partial charge in [0.1, 0.15) is 5.82 Å². The van der Waals surface area contributed by atoms with Crippen molar-refractivity contribution >= 4 is 29.6 Å². The SMILES string of the molecule is Cc1ccc(C(=O)N[C@@H]2C(=O)N/[N+](=C\c3ccc(F)cc3)[C@@H]2c2ccc(Cl)cc2)cc1. The normalized spacial score (nSPS) is 19.3. The molecule has 0 aliphatic carbocycles. The van der Waals surface area contributed by atoms with E-state index in [1.807, 2.05) is 31.2 Å². The van der Waals surface area contributed by atoms with Gasteiger partial charge in [0.2, 0.25) is 12.3 Å². The summed E-state index contributed by atoms with van der Waals surface area (Å²) in [4.78, 5) is 25.6. The number of hydrazine groups is 1. The van der Waals surface area contributed by atoms with Crippen LogP contribution in [0.1, 0.15) is 33.1 Å². The van der Waals surface area contributed by atoms with Gasteiger partial charge in [0.25, 0.3) is 5.91 Å². The van der Waals surface area contributed by atoms with E-state index in [0.29, 0.717) is 16.1 Å². The second-order valence-electron chi connectivity index (χ2n) is 7.38. The largest absolute Gasteiger partial charge is 0.334 e. The molecule has 4 rings (SSSR count). The van der Waals surface area contributed by atoms with Gasteiger partial charge in [-0.2, -0.15) is 0 Å². The van der Waals surface area contributed by atoms with E-state index in [0.717, 1.165) is 11.1 Å². The van der Waals surface area contributed by atoms with E-state index < -0.39 is 12.1 Å². The number of carbonyl (C=O) groups excluding carboxylic acids is 2. The molecule has 0 bridgehead atoms. The standard InChI is InChI=1S/C24H19ClFN3O2/c1-15-2-6-18(7-3-15)23(30)27-21-22(17-8-10-19(25)11-9-17)29(28-24(21)31)14-16-4-12-20(26)13-5-16/h2-14,21-22H,1H3,(H-,27,28,30,31)/p+1/b29-14-/t21-,22+/m0/s1. The van der Waals surface area contributed by atoms with Crippen LogP contribution >= 0.6 is 11.6 Å². The number of halogens is 2. The summed E-state index contributed by atoms with van der Waals surface area (Å²) in [5, 5.41) is 3.41. The number of hydrogen-bond acceptors (Lipinski definition) is 2. The highest BCUT2D eigenvalue weighted by molar-refractivity contribution is 6.30. The third-order valence-corrected chi connectivity index (χ3v) is 5.36. The van der Waals surface area contributed by atoms with E-state index in [-0.39, 0.29) is 17.6 Å². The van der Waals surface area contributed by atoms with Crippen LogP contribution in [-0.4, -0.2) is 28.8 Å². The Kier molecular flexibility index (Phi) is 5.82. The molecule has 0 unspecified atom stereocenters.